The van der Waals surface area contributed by atoms with Gasteiger partial charge in [0.05, 0.1) is 12.0 Å². The van der Waals surface area contributed by atoms with E-state index in [9.17, 15) is 4.79 Å². The number of nitrogens with one attached hydrogen (secondary N) is 2. The molecule has 1 saturated heterocycles. The first-order valence-electron chi connectivity index (χ1n) is 6.74. The van der Waals surface area contributed by atoms with E-state index in [1.165, 1.54) is 0 Å². The molecule has 2 atom stereocenters. The highest BCUT2D eigenvalue weighted by molar-refractivity contribution is 5.83. The van der Waals surface area contributed by atoms with Gasteiger partial charge < -0.3 is 15.4 Å². The fraction of sp³-hybridized carbons (Fsp3) is 0.923. The fourth-order valence-corrected chi connectivity index (χ4v) is 2.46. The predicted molar refractivity (Wildman–Crippen MR) is 68.9 cm³/mol. The topological polar surface area (TPSA) is 50.4 Å². The van der Waals surface area contributed by atoms with Crippen LogP contribution in [0.5, 0.6) is 0 Å². The zero-order valence-electron chi connectivity index (χ0n) is 11.3. The summed E-state index contributed by atoms with van der Waals surface area (Å²) in [5.41, 5.74) is -0.185. The van der Waals surface area contributed by atoms with E-state index < -0.39 is 0 Å². The Bertz CT molecular complexity index is 238. The van der Waals surface area contributed by atoms with Crippen molar-refractivity contribution in [2.45, 2.75) is 46.1 Å². The van der Waals surface area contributed by atoms with Crippen molar-refractivity contribution in [3.05, 3.63) is 0 Å². The maximum Gasteiger partial charge on any atom is 0.227 e. The van der Waals surface area contributed by atoms with Crippen molar-refractivity contribution >= 4 is 5.91 Å². The third kappa shape index (κ3) is 3.96. The third-order valence-corrected chi connectivity index (χ3v) is 3.40. The molecule has 0 saturated carbocycles. The second-order valence-electron chi connectivity index (χ2n) is 4.99. The molecule has 2 N–H and O–H groups in total. The van der Waals surface area contributed by atoms with Crippen molar-refractivity contribution in [2.75, 3.05) is 26.3 Å². The number of ether oxygens (including phenoxy) is 1. The molecule has 0 aromatic heterocycles. The second kappa shape index (κ2) is 6.97. The van der Waals surface area contributed by atoms with Gasteiger partial charge in [0.2, 0.25) is 5.91 Å². The van der Waals surface area contributed by atoms with Gasteiger partial charge in [-0.25, -0.2) is 0 Å². The van der Waals surface area contributed by atoms with Crippen LogP contribution in [0.2, 0.25) is 0 Å². The molecular formula is C13H26N2O2. The summed E-state index contributed by atoms with van der Waals surface area (Å²) in [6, 6.07) is 0.0942. The maximum absolute atomic E-state index is 12.3. The summed E-state index contributed by atoms with van der Waals surface area (Å²) >= 11 is 0. The first kappa shape index (κ1) is 14.5. The highest BCUT2D eigenvalue weighted by Crippen LogP contribution is 2.31. The molecule has 17 heavy (non-hydrogen) atoms. The van der Waals surface area contributed by atoms with Crippen LogP contribution in [0.3, 0.4) is 0 Å². The van der Waals surface area contributed by atoms with Crippen molar-refractivity contribution in [1.29, 1.82) is 0 Å². The minimum atomic E-state index is -0.185. The molecular weight excluding hydrogens is 216 g/mol. The Labute approximate surface area is 104 Å². The van der Waals surface area contributed by atoms with Gasteiger partial charge in [-0.2, -0.15) is 0 Å². The van der Waals surface area contributed by atoms with E-state index in [1.54, 1.807) is 0 Å². The molecule has 100 valence electrons. The molecule has 1 rings (SSSR count). The van der Waals surface area contributed by atoms with Crippen molar-refractivity contribution in [3.63, 3.8) is 0 Å². The van der Waals surface area contributed by atoms with E-state index in [0.717, 1.165) is 32.4 Å². The molecule has 4 nitrogen and oxygen atoms in total. The Morgan fingerprint density at radius 2 is 2.29 bits per heavy atom. The minimum absolute atomic E-state index is 0.0942. The maximum atomic E-state index is 12.3. The van der Waals surface area contributed by atoms with E-state index in [1.807, 2.05) is 13.8 Å². The van der Waals surface area contributed by atoms with E-state index in [2.05, 4.69) is 17.6 Å². The van der Waals surface area contributed by atoms with Crippen LogP contribution >= 0.6 is 0 Å². The average Bonchev–Trinajstić information content (AvgIpc) is 2.76. The molecule has 0 radical (unpaired) electrons. The van der Waals surface area contributed by atoms with Gasteiger partial charge in [0, 0.05) is 19.2 Å². The monoisotopic (exact) mass is 242 g/mol. The molecule has 1 aliphatic heterocycles. The Morgan fingerprint density at radius 1 is 1.53 bits per heavy atom. The number of carbonyl (C=O) groups is 1. The van der Waals surface area contributed by atoms with Crippen LogP contribution < -0.4 is 10.6 Å². The van der Waals surface area contributed by atoms with Gasteiger partial charge in [0.15, 0.2) is 0 Å². The summed E-state index contributed by atoms with van der Waals surface area (Å²) in [5.74, 6) is 0.191. The number of hydrogen-bond donors (Lipinski definition) is 2. The summed E-state index contributed by atoms with van der Waals surface area (Å²) in [5, 5.41) is 6.38. The van der Waals surface area contributed by atoms with Gasteiger partial charge in [0.1, 0.15) is 0 Å². The lowest BCUT2D eigenvalue weighted by molar-refractivity contribution is -0.131. The van der Waals surface area contributed by atoms with Gasteiger partial charge in [-0.15, -0.1) is 0 Å². The Balaban J connectivity index is 2.48. The highest BCUT2D eigenvalue weighted by atomic mass is 16.5. The molecule has 1 aliphatic rings. The molecule has 0 aliphatic carbocycles. The summed E-state index contributed by atoms with van der Waals surface area (Å²) in [4.78, 5) is 12.3. The van der Waals surface area contributed by atoms with Crippen LogP contribution in [0.25, 0.3) is 0 Å². The normalized spacial score (nSPS) is 25.8. The molecule has 0 aromatic carbocycles. The van der Waals surface area contributed by atoms with Gasteiger partial charge in [-0.3, -0.25) is 4.79 Å². The highest BCUT2D eigenvalue weighted by Gasteiger charge is 2.40. The Morgan fingerprint density at radius 3 is 2.82 bits per heavy atom. The van der Waals surface area contributed by atoms with Gasteiger partial charge in [0.25, 0.3) is 0 Å². The van der Waals surface area contributed by atoms with Crippen LogP contribution in [-0.4, -0.2) is 38.3 Å². The van der Waals surface area contributed by atoms with Crippen molar-refractivity contribution < 1.29 is 9.53 Å². The summed E-state index contributed by atoms with van der Waals surface area (Å²) in [7, 11) is 0. The van der Waals surface area contributed by atoms with E-state index in [-0.39, 0.29) is 17.4 Å². The number of carbonyl (C=O) groups excluding carboxylic acids is 1. The molecule has 0 spiro atoms. The molecule has 4 heteroatoms. The smallest absolute Gasteiger partial charge is 0.227 e. The van der Waals surface area contributed by atoms with Gasteiger partial charge in [-0.05, 0) is 33.2 Å². The van der Waals surface area contributed by atoms with Crippen LogP contribution in [-0.2, 0) is 9.53 Å². The summed E-state index contributed by atoms with van der Waals surface area (Å²) in [6.07, 6.45) is 2.97. The average molecular weight is 242 g/mol. The SMILES string of the molecule is CCCC1(C(=O)NC(C)COCC)CCNC1. The lowest BCUT2D eigenvalue weighted by atomic mass is 9.81. The lowest BCUT2D eigenvalue weighted by Gasteiger charge is -2.28. The quantitative estimate of drug-likeness (QED) is 0.707. The zero-order chi connectivity index (χ0) is 12.7. The molecule has 0 aromatic rings. The molecule has 1 fully saturated rings. The standard InChI is InChI=1S/C13H26N2O2/c1-4-6-13(7-8-14-10-13)12(16)15-11(3)9-17-5-2/h11,14H,4-10H2,1-3H3,(H,15,16). The molecule has 2 unspecified atom stereocenters. The molecule has 0 bridgehead atoms. The number of amides is 1. The Hall–Kier alpha value is -0.610. The van der Waals surface area contributed by atoms with Crippen molar-refractivity contribution in [2.24, 2.45) is 5.41 Å². The van der Waals surface area contributed by atoms with Crippen LogP contribution in [0.4, 0.5) is 0 Å². The first-order chi connectivity index (χ1) is 8.14. The zero-order valence-corrected chi connectivity index (χ0v) is 11.3. The fourth-order valence-electron chi connectivity index (χ4n) is 2.46. The van der Waals surface area contributed by atoms with E-state index in [0.29, 0.717) is 13.2 Å². The van der Waals surface area contributed by atoms with Crippen molar-refractivity contribution in [1.82, 2.24) is 10.6 Å². The van der Waals surface area contributed by atoms with Crippen LogP contribution in [0, 0.1) is 5.41 Å². The van der Waals surface area contributed by atoms with E-state index >= 15 is 0 Å². The lowest BCUT2D eigenvalue weighted by Crippen LogP contribution is -2.47. The summed E-state index contributed by atoms with van der Waals surface area (Å²) in [6.45, 7) is 9.15. The minimum Gasteiger partial charge on any atom is -0.380 e. The molecule has 1 amide bonds. The van der Waals surface area contributed by atoms with Crippen LogP contribution in [0.15, 0.2) is 0 Å². The summed E-state index contributed by atoms with van der Waals surface area (Å²) < 4.78 is 5.32. The first-order valence-corrected chi connectivity index (χ1v) is 6.74. The Kier molecular flexibility index (Phi) is 5.92. The largest absolute Gasteiger partial charge is 0.380 e. The van der Waals surface area contributed by atoms with Gasteiger partial charge >= 0.3 is 0 Å². The molecule has 1 heterocycles. The van der Waals surface area contributed by atoms with Crippen LogP contribution in [0.1, 0.15) is 40.0 Å². The van der Waals surface area contributed by atoms with Gasteiger partial charge in [-0.1, -0.05) is 13.3 Å². The third-order valence-electron chi connectivity index (χ3n) is 3.40. The number of rotatable bonds is 7. The van der Waals surface area contributed by atoms with Crippen molar-refractivity contribution in [3.8, 4) is 0 Å². The predicted octanol–water partition coefficient (Wildman–Crippen LogP) is 1.31. The van der Waals surface area contributed by atoms with E-state index in [4.69, 9.17) is 4.74 Å². The number of hydrogen-bond acceptors (Lipinski definition) is 3. The second-order valence-corrected chi connectivity index (χ2v) is 4.99.